The molecule has 2 N–H and O–H groups in total. The number of aromatic nitrogens is 2. The van der Waals surface area contributed by atoms with Crippen LogP contribution in [0.25, 0.3) is 11.0 Å². The molecule has 1 aromatic heterocycles. The third-order valence-corrected chi connectivity index (χ3v) is 2.96. The molecule has 5 heteroatoms. The predicted octanol–water partition coefficient (Wildman–Crippen LogP) is 3.26. The SMILES string of the molecule is Cc1nc2ccc(C(=O)Nc3ccc(F)cc3)cc2[nH]1. The molecule has 4 nitrogen and oxygen atoms in total. The minimum atomic E-state index is -0.336. The van der Waals surface area contributed by atoms with Gasteiger partial charge in [-0.05, 0) is 49.4 Å². The summed E-state index contributed by atoms with van der Waals surface area (Å²) in [5.41, 5.74) is 2.71. The third kappa shape index (κ3) is 2.38. The molecule has 2 aromatic carbocycles. The van der Waals surface area contributed by atoms with Crippen LogP contribution in [0.15, 0.2) is 42.5 Å². The molecule has 0 aliphatic heterocycles. The summed E-state index contributed by atoms with van der Waals surface area (Å²) in [4.78, 5) is 19.5. The summed E-state index contributed by atoms with van der Waals surface area (Å²) in [7, 11) is 0. The first-order valence-electron chi connectivity index (χ1n) is 6.15. The first-order valence-corrected chi connectivity index (χ1v) is 6.15. The van der Waals surface area contributed by atoms with Crippen molar-refractivity contribution >= 4 is 22.6 Å². The number of imidazole rings is 1. The van der Waals surface area contributed by atoms with Crippen molar-refractivity contribution in [3.8, 4) is 0 Å². The van der Waals surface area contributed by atoms with E-state index in [2.05, 4.69) is 15.3 Å². The molecule has 0 bridgehead atoms. The van der Waals surface area contributed by atoms with Crippen molar-refractivity contribution in [2.75, 3.05) is 5.32 Å². The molecule has 0 aliphatic carbocycles. The van der Waals surface area contributed by atoms with Crippen LogP contribution in [0.5, 0.6) is 0 Å². The molecule has 0 radical (unpaired) electrons. The van der Waals surface area contributed by atoms with Crippen molar-refractivity contribution in [1.82, 2.24) is 9.97 Å². The quantitative estimate of drug-likeness (QED) is 0.750. The second kappa shape index (κ2) is 4.77. The number of aromatic amines is 1. The Bertz CT molecular complexity index is 777. The number of fused-ring (bicyclic) bond motifs is 1. The van der Waals surface area contributed by atoms with Crippen molar-refractivity contribution in [2.24, 2.45) is 0 Å². The summed E-state index contributed by atoms with van der Waals surface area (Å²) in [6, 6.07) is 10.9. The number of carbonyl (C=O) groups excluding carboxylic acids is 1. The van der Waals surface area contributed by atoms with Gasteiger partial charge in [0.1, 0.15) is 11.6 Å². The molecule has 0 spiro atoms. The zero-order valence-electron chi connectivity index (χ0n) is 10.8. The molecule has 20 heavy (non-hydrogen) atoms. The molecule has 1 amide bonds. The summed E-state index contributed by atoms with van der Waals surface area (Å²) in [6.07, 6.45) is 0. The summed E-state index contributed by atoms with van der Waals surface area (Å²) >= 11 is 0. The molecule has 3 aromatic rings. The number of halogens is 1. The second-order valence-electron chi connectivity index (χ2n) is 4.52. The Balaban J connectivity index is 1.86. The second-order valence-corrected chi connectivity index (χ2v) is 4.52. The fourth-order valence-corrected chi connectivity index (χ4v) is 2.01. The van der Waals surface area contributed by atoms with Crippen molar-refractivity contribution < 1.29 is 9.18 Å². The van der Waals surface area contributed by atoms with Gasteiger partial charge in [0.05, 0.1) is 11.0 Å². The van der Waals surface area contributed by atoms with Gasteiger partial charge in [-0.3, -0.25) is 4.79 Å². The Kier molecular flexibility index (Phi) is 2.95. The van der Waals surface area contributed by atoms with Gasteiger partial charge in [0.15, 0.2) is 0 Å². The average molecular weight is 269 g/mol. The van der Waals surface area contributed by atoms with Crippen LogP contribution in [-0.2, 0) is 0 Å². The van der Waals surface area contributed by atoms with Crippen LogP contribution in [0.4, 0.5) is 10.1 Å². The van der Waals surface area contributed by atoms with Crippen molar-refractivity contribution in [3.05, 3.63) is 59.7 Å². The highest BCUT2D eigenvalue weighted by atomic mass is 19.1. The summed E-state index contributed by atoms with van der Waals surface area (Å²) in [5.74, 6) is 0.221. The molecule has 0 saturated heterocycles. The highest BCUT2D eigenvalue weighted by Gasteiger charge is 2.08. The van der Waals surface area contributed by atoms with Crippen LogP contribution in [0.3, 0.4) is 0 Å². The maximum Gasteiger partial charge on any atom is 0.255 e. The molecule has 1 heterocycles. The van der Waals surface area contributed by atoms with E-state index in [1.807, 2.05) is 6.92 Å². The lowest BCUT2D eigenvalue weighted by Gasteiger charge is -2.05. The number of amides is 1. The molecule has 0 saturated carbocycles. The fraction of sp³-hybridized carbons (Fsp3) is 0.0667. The largest absolute Gasteiger partial charge is 0.342 e. The van der Waals surface area contributed by atoms with Gasteiger partial charge >= 0.3 is 0 Å². The van der Waals surface area contributed by atoms with E-state index in [-0.39, 0.29) is 11.7 Å². The number of carbonyl (C=O) groups is 1. The third-order valence-electron chi connectivity index (χ3n) is 2.96. The topological polar surface area (TPSA) is 57.8 Å². The smallest absolute Gasteiger partial charge is 0.255 e. The number of aryl methyl sites for hydroxylation is 1. The van der Waals surface area contributed by atoms with Gasteiger partial charge in [-0.2, -0.15) is 0 Å². The Morgan fingerprint density at radius 3 is 2.70 bits per heavy atom. The van der Waals surface area contributed by atoms with Gasteiger partial charge in [-0.25, -0.2) is 9.37 Å². The van der Waals surface area contributed by atoms with E-state index < -0.39 is 0 Å². The van der Waals surface area contributed by atoms with E-state index in [0.29, 0.717) is 11.3 Å². The van der Waals surface area contributed by atoms with Gasteiger partial charge in [-0.1, -0.05) is 0 Å². The van der Waals surface area contributed by atoms with Crippen LogP contribution in [-0.4, -0.2) is 15.9 Å². The van der Waals surface area contributed by atoms with Crippen molar-refractivity contribution in [2.45, 2.75) is 6.92 Å². The highest BCUT2D eigenvalue weighted by Crippen LogP contribution is 2.15. The first kappa shape index (κ1) is 12.3. The summed E-state index contributed by atoms with van der Waals surface area (Å²) in [6.45, 7) is 1.86. The number of hydrogen-bond acceptors (Lipinski definition) is 2. The standard InChI is InChI=1S/C15H12FN3O/c1-9-17-13-7-2-10(8-14(13)18-9)15(20)19-12-5-3-11(16)4-6-12/h2-8H,1H3,(H,17,18)(H,19,20). The molecular weight excluding hydrogens is 257 g/mol. The number of rotatable bonds is 2. The van der Waals surface area contributed by atoms with Crippen LogP contribution in [0, 0.1) is 12.7 Å². The van der Waals surface area contributed by atoms with E-state index >= 15 is 0 Å². The lowest BCUT2D eigenvalue weighted by atomic mass is 10.2. The van der Waals surface area contributed by atoms with Gasteiger partial charge in [-0.15, -0.1) is 0 Å². The fourth-order valence-electron chi connectivity index (χ4n) is 2.01. The van der Waals surface area contributed by atoms with Gasteiger partial charge in [0, 0.05) is 11.3 Å². The van der Waals surface area contributed by atoms with Crippen molar-refractivity contribution in [3.63, 3.8) is 0 Å². The Hall–Kier alpha value is -2.69. The zero-order valence-corrected chi connectivity index (χ0v) is 10.8. The maximum atomic E-state index is 12.8. The average Bonchev–Trinajstić information content (AvgIpc) is 2.80. The molecule has 100 valence electrons. The number of nitrogens with zero attached hydrogens (tertiary/aromatic N) is 1. The number of hydrogen-bond donors (Lipinski definition) is 2. The lowest BCUT2D eigenvalue weighted by molar-refractivity contribution is 0.102. The molecule has 0 aliphatic rings. The van der Waals surface area contributed by atoms with Gasteiger partial charge < -0.3 is 10.3 Å². The molecule has 3 rings (SSSR count). The molecular formula is C15H12FN3O. The van der Waals surface area contributed by atoms with Crippen LogP contribution in [0.2, 0.25) is 0 Å². The first-order chi connectivity index (χ1) is 9.61. The van der Waals surface area contributed by atoms with E-state index in [1.165, 1.54) is 24.3 Å². The van der Waals surface area contributed by atoms with Crippen LogP contribution < -0.4 is 5.32 Å². The van der Waals surface area contributed by atoms with Crippen molar-refractivity contribution in [1.29, 1.82) is 0 Å². The van der Waals surface area contributed by atoms with E-state index in [0.717, 1.165) is 16.9 Å². The Morgan fingerprint density at radius 2 is 1.95 bits per heavy atom. The monoisotopic (exact) mass is 269 g/mol. The summed E-state index contributed by atoms with van der Waals surface area (Å²) < 4.78 is 12.8. The van der Waals surface area contributed by atoms with Crippen LogP contribution >= 0.6 is 0 Å². The molecule has 0 unspecified atom stereocenters. The number of H-pyrrole nitrogens is 1. The Morgan fingerprint density at radius 1 is 1.20 bits per heavy atom. The number of nitrogens with one attached hydrogen (secondary N) is 2. The van der Waals surface area contributed by atoms with E-state index in [9.17, 15) is 9.18 Å². The van der Waals surface area contributed by atoms with E-state index in [4.69, 9.17) is 0 Å². The van der Waals surface area contributed by atoms with Gasteiger partial charge in [0.2, 0.25) is 0 Å². The highest BCUT2D eigenvalue weighted by molar-refractivity contribution is 6.05. The summed E-state index contributed by atoms with van der Waals surface area (Å²) in [5, 5.41) is 2.72. The normalized spacial score (nSPS) is 10.7. The minimum Gasteiger partial charge on any atom is -0.342 e. The number of anilines is 1. The molecule has 0 fully saturated rings. The van der Waals surface area contributed by atoms with Crippen LogP contribution in [0.1, 0.15) is 16.2 Å². The number of benzene rings is 2. The predicted molar refractivity (Wildman–Crippen MR) is 75.2 cm³/mol. The lowest BCUT2D eigenvalue weighted by Crippen LogP contribution is -2.11. The maximum absolute atomic E-state index is 12.8. The molecule has 0 atom stereocenters. The zero-order chi connectivity index (χ0) is 14.1. The minimum absolute atomic E-state index is 0.245. The van der Waals surface area contributed by atoms with E-state index in [1.54, 1.807) is 18.2 Å². The van der Waals surface area contributed by atoms with Gasteiger partial charge in [0.25, 0.3) is 5.91 Å². The Labute approximate surface area is 114 Å².